The van der Waals surface area contributed by atoms with Crippen LogP contribution in [0.2, 0.25) is 0 Å². The van der Waals surface area contributed by atoms with Gasteiger partial charge in [-0.3, -0.25) is 0 Å². The molecule has 1 nitrogen and oxygen atoms in total. The molecule has 1 aromatic heterocycles. The minimum Gasteiger partial charge on any atom is -0.456 e. The van der Waals surface area contributed by atoms with Crippen molar-refractivity contribution < 1.29 is 4.42 Å². The van der Waals surface area contributed by atoms with Crippen LogP contribution in [0.5, 0.6) is 0 Å². The molecule has 0 amide bonds. The minimum atomic E-state index is 0.00684. The topological polar surface area (TPSA) is 13.1 Å². The maximum Gasteiger partial charge on any atom is 0.139 e. The zero-order valence-electron chi connectivity index (χ0n) is 12.4. The molecule has 0 saturated carbocycles. The highest BCUT2D eigenvalue weighted by Gasteiger charge is 2.28. The highest BCUT2D eigenvalue weighted by atomic mass is 16.3. The van der Waals surface area contributed by atoms with Gasteiger partial charge in [-0.25, -0.2) is 0 Å². The van der Waals surface area contributed by atoms with Gasteiger partial charge in [0.25, 0.3) is 0 Å². The lowest BCUT2D eigenvalue weighted by atomic mass is 9.76. The van der Waals surface area contributed by atoms with Crippen molar-refractivity contribution in [2.45, 2.75) is 25.7 Å². The van der Waals surface area contributed by atoms with E-state index in [1.165, 1.54) is 21.9 Å². The quantitative estimate of drug-likeness (QED) is 0.550. The second kappa shape index (κ2) is 4.36. The molecule has 0 saturated heterocycles. The predicted molar refractivity (Wildman–Crippen MR) is 88.6 cm³/mol. The molecular weight excluding hydrogens is 256 g/mol. The molecule has 1 heteroatoms. The summed E-state index contributed by atoms with van der Waals surface area (Å²) in [4.78, 5) is 0. The van der Waals surface area contributed by atoms with Crippen LogP contribution >= 0.6 is 0 Å². The lowest BCUT2D eigenvalue weighted by Gasteiger charge is -2.28. The summed E-state index contributed by atoms with van der Waals surface area (Å²) in [6.07, 6.45) is 7.85. The first-order valence-corrected chi connectivity index (χ1v) is 7.44. The van der Waals surface area contributed by atoms with E-state index in [1.54, 1.807) is 0 Å². The summed E-state index contributed by atoms with van der Waals surface area (Å²) in [5.74, 6) is 0. The summed E-state index contributed by atoms with van der Waals surface area (Å²) in [6.45, 7) is 4.44. The van der Waals surface area contributed by atoms with Gasteiger partial charge in [-0.1, -0.05) is 67.1 Å². The lowest BCUT2D eigenvalue weighted by molar-refractivity contribution is 0.578. The number of hydrogen-bond donors (Lipinski definition) is 0. The van der Waals surface area contributed by atoms with Crippen molar-refractivity contribution >= 4 is 21.9 Å². The van der Waals surface area contributed by atoms with Crippen molar-refractivity contribution in [1.29, 1.82) is 0 Å². The molecule has 0 fully saturated rings. The van der Waals surface area contributed by atoms with E-state index < -0.39 is 0 Å². The first-order chi connectivity index (χ1) is 10.2. The molecule has 2 aromatic carbocycles. The fraction of sp³-hybridized carbons (Fsp3) is 0.200. The SMILES string of the molecule is CC1=CCC(C)(c2cccc3c2oc2ccccc23)C=C1. The zero-order valence-corrected chi connectivity index (χ0v) is 12.4. The molecule has 4 rings (SSSR count). The Kier molecular flexibility index (Phi) is 2.58. The van der Waals surface area contributed by atoms with Crippen LogP contribution < -0.4 is 0 Å². The minimum absolute atomic E-state index is 0.00684. The van der Waals surface area contributed by atoms with Crippen molar-refractivity contribution in [2.75, 3.05) is 0 Å². The lowest BCUT2D eigenvalue weighted by Crippen LogP contribution is -2.20. The number of allylic oxidation sites excluding steroid dienone is 4. The van der Waals surface area contributed by atoms with Crippen molar-refractivity contribution in [3.63, 3.8) is 0 Å². The molecule has 0 bridgehead atoms. The maximum absolute atomic E-state index is 6.17. The van der Waals surface area contributed by atoms with E-state index in [0.29, 0.717) is 0 Å². The Labute approximate surface area is 124 Å². The Hall–Kier alpha value is -2.28. The van der Waals surface area contributed by atoms with E-state index in [0.717, 1.165) is 17.6 Å². The van der Waals surface area contributed by atoms with Gasteiger partial charge in [-0.2, -0.15) is 0 Å². The Morgan fingerprint density at radius 1 is 1.00 bits per heavy atom. The van der Waals surface area contributed by atoms with Gasteiger partial charge in [0.15, 0.2) is 0 Å². The zero-order chi connectivity index (χ0) is 14.4. The highest BCUT2D eigenvalue weighted by Crippen LogP contribution is 2.40. The molecule has 1 aliphatic rings. The number of hydrogen-bond acceptors (Lipinski definition) is 1. The Balaban J connectivity index is 2.00. The molecular formula is C20H18O. The smallest absolute Gasteiger partial charge is 0.139 e. The van der Waals surface area contributed by atoms with Crippen LogP contribution in [-0.2, 0) is 5.41 Å². The summed E-state index contributed by atoms with van der Waals surface area (Å²) >= 11 is 0. The first kappa shape index (κ1) is 12.5. The van der Waals surface area contributed by atoms with Crippen LogP contribution in [0.25, 0.3) is 21.9 Å². The summed E-state index contributed by atoms with van der Waals surface area (Å²) in [5, 5.41) is 2.41. The number of benzene rings is 2. The second-order valence-corrected chi connectivity index (χ2v) is 6.18. The molecule has 21 heavy (non-hydrogen) atoms. The fourth-order valence-electron chi connectivity index (χ4n) is 3.22. The summed E-state index contributed by atoms with van der Waals surface area (Å²) in [7, 11) is 0. The molecule has 3 aromatic rings. The van der Waals surface area contributed by atoms with Gasteiger partial charge in [-0.05, 0) is 19.4 Å². The monoisotopic (exact) mass is 274 g/mol. The first-order valence-electron chi connectivity index (χ1n) is 7.44. The average Bonchev–Trinajstić information content (AvgIpc) is 2.89. The third kappa shape index (κ3) is 1.84. The Bertz CT molecular complexity index is 894. The van der Waals surface area contributed by atoms with E-state index in [2.05, 4.69) is 62.4 Å². The normalized spacial score (nSPS) is 21.9. The molecule has 104 valence electrons. The third-order valence-electron chi connectivity index (χ3n) is 4.58. The van der Waals surface area contributed by atoms with Crippen molar-refractivity contribution in [3.8, 4) is 0 Å². The summed E-state index contributed by atoms with van der Waals surface area (Å²) in [6, 6.07) is 14.8. The Morgan fingerprint density at radius 3 is 2.62 bits per heavy atom. The summed E-state index contributed by atoms with van der Waals surface area (Å²) in [5.41, 5.74) is 4.61. The molecule has 0 aliphatic heterocycles. The van der Waals surface area contributed by atoms with Crippen molar-refractivity contribution in [2.24, 2.45) is 0 Å². The van der Waals surface area contributed by atoms with Crippen LogP contribution in [0.15, 0.2) is 70.7 Å². The van der Waals surface area contributed by atoms with Gasteiger partial charge < -0.3 is 4.42 Å². The van der Waals surface area contributed by atoms with Gasteiger partial charge in [0.1, 0.15) is 11.2 Å². The molecule has 1 atom stereocenters. The third-order valence-corrected chi connectivity index (χ3v) is 4.58. The number of rotatable bonds is 1. The number of furan rings is 1. The van der Waals surface area contributed by atoms with Crippen molar-refractivity contribution in [3.05, 3.63) is 71.8 Å². The van der Waals surface area contributed by atoms with Gasteiger partial charge in [0, 0.05) is 21.8 Å². The maximum atomic E-state index is 6.17. The van der Waals surface area contributed by atoms with E-state index in [4.69, 9.17) is 4.42 Å². The van der Waals surface area contributed by atoms with Gasteiger partial charge >= 0.3 is 0 Å². The molecule has 1 aliphatic carbocycles. The van der Waals surface area contributed by atoms with Crippen LogP contribution in [0, 0.1) is 0 Å². The molecule has 0 radical (unpaired) electrons. The largest absolute Gasteiger partial charge is 0.456 e. The van der Waals surface area contributed by atoms with E-state index in [9.17, 15) is 0 Å². The highest BCUT2D eigenvalue weighted by molar-refractivity contribution is 6.06. The Morgan fingerprint density at radius 2 is 1.81 bits per heavy atom. The van der Waals surface area contributed by atoms with E-state index >= 15 is 0 Å². The second-order valence-electron chi connectivity index (χ2n) is 6.18. The average molecular weight is 274 g/mol. The van der Waals surface area contributed by atoms with E-state index in [1.807, 2.05) is 12.1 Å². The van der Waals surface area contributed by atoms with Gasteiger partial charge in [-0.15, -0.1) is 0 Å². The van der Waals surface area contributed by atoms with Crippen LogP contribution in [0.1, 0.15) is 25.8 Å². The van der Waals surface area contributed by atoms with Gasteiger partial charge in [0.05, 0.1) is 0 Å². The van der Waals surface area contributed by atoms with Crippen LogP contribution in [0.3, 0.4) is 0 Å². The number of fused-ring (bicyclic) bond motifs is 3. The molecule has 1 unspecified atom stereocenters. The summed E-state index contributed by atoms with van der Waals surface area (Å²) < 4.78 is 6.17. The van der Waals surface area contributed by atoms with Crippen LogP contribution in [-0.4, -0.2) is 0 Å². The fourth-order valence-corrected chi connectivity index (χ4v) is 3.22. The van der Waals surface area contributed by atoms with Crippen LogP contribution in [0.4, 0.5) is 0 Å². The molecule has 0 spiro atoms. The number of para-hydroxylation sites is 2. The predicted octanol–water partition coefficient (Wildman–Crippen LogP) is 5.75. The van der Waals surface area contributed by atoms with Gasteiger partial charge in [0.2, 0.25) is 0 Å². The molecule has 0 N–H and O–H groups in total. The molecule has 1 heterocycles. The van der Waals surface area contributed by atoms with Crippen molar-refractivity contribution in [1.82, 2.24) is 0 Å². The van der Waals surface area contributed by atoms with E-state index in [-0.39, 0.29) is 5.41 Å². The standard InChI is InChI=1S/C20H18O/c1-14-10-12-20(2,13-11-14)17-8-5-7-16-15-6-3-4-9-18(15)21-19(16)17/h3-12H,13H2,1-2H3.